The van der Waals surface area contributed by atoms with Gasteiger partial charge in [0.2, 0.25) is 0 Å². The van der Waals surface area contributed by atoms with Gasteiger partial charge in [0, 0.05) is 5.33 Å². The van der Waals surface area contributed by atoms with Gasteiger partial charge in [-0.2, -0.15) is 0 Å². The molecule has 0 heterocycles. The lowest BCUT2D eigenvalue weighted by molar-refractivity contribution is 0.181. The summed E-state index contributed by atoms with van der Waals surface area (Å²) in [5.74, 6) is 0. The van der Waals surface area contributed by atoms with Crippen molar-refractivity contribution in [2.24, 2.45) is 5.41 Å². The predicted octanol–water partition coefficient (Wildman–Crippen LogP) is 6.72. The van der Waals surface area contributed by atoms with E-state index in [0.29, 0.717) is 5.41 Å². The van der Waals surface area contributed by atoms with Crippen molar-refractivity contribution < 1.29 is 0 Å². The summed E-state index contributed by atoms with van der Waals surface area (Å²) in [5, 5.41) is 1.18. The van der Waals surface area contributed by atoms with Crippen LogP contribution in [0, 0.1) is 5.41 Å². The normalized spacial score (nSPS) is 12.0. The highest BCUT2D eigenvalue weighted by Gasteiger charge is 2.27. The Bertz CT molecular complexity index is 116. The Morgan fingerprint density at radius 1 is 0.647 bits per heavy atom. The smallest absolute Gasteiger partial charge is 0.00315 e. The number of rotatable bonds is 12. The largest absolute Gasteiger partial charge is 0.0928 e. The quantitative estimate of drug-likeness (QED) is 0.351. The van der Waals surface area contributed by atoms with Crippen LogP contribution in [0.1, 0.15) is 91.4 Å². The summed E-state index contributed by atoms with van der Waals surface area (Å²) in [7, 11) is 0. The van der Waals surface area contributed by atoms with Crippen LogP contribution >= 0.6 is 15.9 Å². The van der Waals surface area contributed by atoms with Gasteiger partial charge in [0.1, 0.15) is 0 Å². The number of halogens is 1. The van der Waals surface area contributed by atoms with Crippen molar-refractivity contribution in [2.45, 2.75) is 91.4 Å². The molecule has 0 rings (SSSR count). The maximum atomic E-state index is 3.61. The molecule has 0 nitrogen and oxygen atoms in total. The highest BCUT2D eigenvalue weighted by atomic mass is 79.9. The second-order valence-corrected chi connectivity index (χ2v) is 6.40. The second-order valence-electron chi connectivity index (χ2n) is 5.60. The van der Waals surface area contributed by atoms with Crippen molar-refractivity contribution in [3.63, 3.8) is 0 Å². The van der Waals surface area contributed by atoms with Crippen LogP contribution in [0.2, 0.25) is 0 Å². The minimum atomic E-state index is 0.676. The van der Waals surface area contributed by atoms with E-state index >= 15 is 0 Å². The first kappa shape index (κ1) is 17.5. The molecule has 0 aliphatic carbocycles. The molecular weight excluding hydrogens is 272 g/mol. The van der Waals surface area contributed by atoms with E-state index in [0.717, 1.165) is 0 Å². The lowest BCUT2D eigenvalue weighted by atomic mass is 9.71. The molecule has 0 aliphatic rings. The minimum Gasteiger partial charge on any atom is -0.0928 e. The third-order valence-corrected chi connectivity index (χ3v) is 4.58. The van der Waals surface area contributed by atoms with Gasteiger partial charge in [0.25, 0.3) is 0 Å². The number of alkyl halides is 1. The zero-order valence-corrected chi connectivity index (χ0v) is 13.9. The van der Waals surface area contributed by atoms with Crippen LogP contribution in [0.4, 0.5) is 0 Å². The van der Waals surface area contributed by atoms with Gasteiger partial charge in [-0.25, -0.2) is 0 Å². The van der Waals surface area contributed by atoms with E-state index in [-0.39, 0.29) is 0 Å². The second kappa shape index (κ2) is 11.6. The lowest BCUT2D eigenvalue weighted by Crippen LogP contribution is -2.21. The molecule has 104 valence electrons. The third kappa shape index (κ3) is 8.24. The van der Waals surface area contributed by atoms with Gasteiger partial charge in [0.15, 0.2) is 0 Å². The number of hydrogen-bond donors (Lipinski definition) is 0. The Kier molecular flexibility index (Phi) is 11.9. The summed E-state index contributed by atoms with van der Waals surface area (Å²) in [4.78, 5) is 0. The van der Waals surface area contributed by atoms with Gasteiger partial charge in [-0.1, -0.05) is 75.2 Å². The molecule has 0 aromatic heterocycles. The van der Waals surface area contributed by atoms with Crippen LogP contribution in [-0.4, -0.2) is 5.33 Å². The summed E-state index contributed by atoms with van der Waals surface area (Å²) in [6.07, 6.45) is 15.6. The van der Waals surface area contributed by atoms with E-state index in [4.69, 9.17) is 0 Å². The van der Waals surface area contributed by atoms with Gasteiger partial charge in [-0.15, -0.1) is 0 Å². The molecule has 0 bridgehead atoms. The summed E-state index contributed by atoms with van der Waals surface area (Å²) >= 11 is 3.61. The minimum absolute atomic E-state index is 0.676. The average molecular weight is 305 g/mol. The third-order valence-electron chi connectivity index (χ3n) is 4.02. The zero-order valence-electron chi connectivity index (χ0n) is 12.4. The average Bonchev–Trinajstić information content (AvgIpc) is 2.37. The molecule has 17 heavy (non-hydrogen) atoms. The van der Waals surface area contributed by atoms with Crippen LogP contribution in [0.25, 0.3) is 0 Å². The number of unbranched alkanes of at least 4 members (excludes halogenated alkanes) is 3. The van der Waals surface area contributed by atoms with Crippen molar-refractivity contribution in [3.8, 4) is 0 Å². The summed E-state index contributed by atoms with van der Waals surface area (Å²) in [5.41, 5.74) is 0.676. The molecule has 0 fully saturated rings. The van der Waals surface area contributed by atoms with E-state index < -0.39 is 0 Å². The Labute approximate surface area is 118 Å². The van der Waals surface area contributed by atoms with Gasteiger partial charge in [-0.05, 0) is 37.5 Å². The Balaban J connectivity index is 4.39. The highest BCUT2D eigenvalue weighted by molar-refractivity contribution is 9.09. The van der Waals surface area contributed by atoms with E-state index in [2.05, 4.69) is 36.7 Å². The van der Waals surface area contributed by atoms with Crippen LogP contribution in [-0.2, 0) is 0 Å². The molecule has 0 radical (unpaired) electrons. The molecule has 0 aromatic rings. The van der Waals surface area contributed by atoms with Gasteiger partial charge in [-0.3, -0.25) is 0 Å². The van der Waals surface area contributed by atoms with E-state index in [1.165, 1.54) is 76.0 Å². The van der Waals surface area contributed by atoms with Crippen LogP contribution in [0.5, 0.6) is 0 Å². The fourth-order valence-electron chi connectivity index (χ4n) is 2.85. The van der Waals surface area contributed by atoms with Crippen molar-refractivity contribution in [3.05, 3.63) is 0 Å². The van der Waals surface area contributed by atoms with Crippen LogP contribution < -0.4 is 0 Å². The fraction of sp³-hybridized carbons (Fsp3) is 1.00. The Hall–Kier alpha value is 0.480. The summed E-state index contributed by atoms with van der Waals surface area (Å²) < 4.78 is 0. The van der Waals surface area contributed by atoms with Crippen molar-refractivity contribution in [2.75, 3.05) is 5.33 Å². The molecule has 1 heteroatoms. The maximum Gasteiger partial charge on any atom is 0.00315 e. The van der Waals surface area contributed by atoms with Crippen molar-refractivity contribution >= 4 is 15.9 Å². The molecule has 0 aliphatic heterocycles. The maximum absolute atomic E-state index is 3.61. The molecule has 0 atom stereocenters. The van der Waals surface area contributed by atoms with Crippen molar-refractivity contribution in [1.29, 1.82) is 0 Å². The van der Waals surface area contributed by atoms with Gasteiger partial charge in [0.05, 0.1) is 0 Å². The summed E-state index contributed by atoms with van der Waals surface area (Å²) in [6, 6.07) is 0. The van der Waals surface area contributed by atoms with Crippen LogP contribution in [0.3, 0.4) is 0 Å². The summed E-state index contributed by atoms with van der Waals surface area (Å²) in [6.45, 7) is 6.98. The standard InChI is InChI=1S/C16H33Br/c1-4-7-11-16(12-8-5-2,13-9-6-3)14-10-15-17/h4-15H2,1-3H3. The lowest BCUT2D eigenvalue weighted by Gasteiger charge is -2.34. The molecular formula is C16H33Br. The van der Waals surface area contributed by atoms with Crippen molar-refractivity contribution in [1.82, 2.24) is 0 Å². The molecule has 0 unspecified atom stereocenters. The fourth-order valence-corrected chi connectivity index (χ4v) is 3.13. The molecule has 0 saturated heterocycles. The predicted molar refractivity (Wildman–Crippen MR) is 84.0 cm³/mol. The SMILES string of the molecule is CCCCC(CCCC)(CCCC)CCCBr. The first-order valence-corrected chi connectivity index (χ1v) is 8.92. The Morgan fingerprint density at radius 2 is 1.00 bits per heavy atom. The molecule has 0 saturated carbocycles. The van der Waals surface area contributed by atoms with Gasteiger partial charge >= 0.3 is 0 Å². The van der Waals surface area contributed by atoms with Gasteiger partial charge < -0.3 is 0 Å². The number of hydrogen-bond acceptors (Lipinski definition) is 0. The molecule has 0 aromatic carbocycles. The van der Waals surface area contributed by atoms with E-state index in [1.807, 2.05) is 0 Å². The highest BCUT2D eigenvalue weighted by Crippen LogP contribution is 2.41. The topological polar surface area (TPSA) is 0 Å². The molecule has 0 amide bonds. The molecule has 0 N–H and O–H groups in total. The first-order valence-electron chi connectivity index (χ1n) is 7.80. The zero-order chi connectivity index (χ0) is 13.0. The van der Waals surface area contributed by atoms with E-state index in [9.17, 15) is 0 Å². The first-order chi connectivity index (χ1) is 8.24. The molecule has 0 spiro atoms. The van der Waals surface area contributed by atoms with E-state index in [1.54, 1.807) is 0 Å². The Morgan fingerprint density at radius 3 is 1.29 bits per heavy atom. The monoisotopic (exact) mass is 304 g/mol. The van der Waals surface area contributed by atoms with Crippen LogP contribution in [0.15, 0.2) is 0 Å².